The van der Waals surface area contributed by atoms with Gasteiger partial charge in [-0.15, -0.1) is 0 Å². The van der Waals surface area contributed by atoms with Crippen molar-refractivity contribution in [1.82, 2.24) is 4.98 Å². The van der Waals surface area contributed by atoms with Crippen LogP contribution in [0.25, 0.3) is 10.9 Å². The summed E-state index contributed by atoms with van der Waals surface area (Å²) in [7, 11) is 0. The number of nitrogens with zero attached hydrogens (tertiary/aromatic N) is 1. The fourth-order valence-electron chi connectivity index (χ4n) is 3.09. The molecular formula is C17H21N3O. The molecule has 4 nitrogen and oxygen atoms in total. The normalized spacial score (nSPS) is 22.7. The second-order valence-electron chi connectivity index (χ2n) is 5.78. The number of nitrogens with two attached hydrogens (primary N) is 1. The maximum atomic E-state index is 12.6. The predicted octanol–water partition coefficient (Wildman–Crippen LogP) is 3.08. The van der Waals surface area contributed by atoms with Crippen molar-refractivity contribution < 1.29 is 4.79 Å². The Labute approximate surface area is 124 Å². The van der Waals surface area contributed by atoms with Crippen molar-refractivity contribution in [2.45, 2.75) is 38.1 Å². The number of hydrogen-bond acceptors (Lipinski definition) is 3. The van der Waals surface area contributed by atoms with Crippen LogP contribution in [0.2, 0.25) is 0 Å². The maximum absolute atomic E-state index is 12.6. The van der Waals surface area contributed by atoms with Crippen LogP contribution >= 0.6 is 0 Å². The topological polar surface area (TPSA) is 68.0 Å². The number of para-hydroxylation sites is 1. The molecule has 21 heavy (non-hydrogen) atoms. The average molecular weight is 283 g/mol. The third-order valence-electron chi connectivity index (χ3n) is 4.30. The van der Waals surface area contributed by atoms with Gasteiger partial charge in [0, 0.05) is 17.6 Å². The number of rotatable bonds is 2. The van der Waals surface area contributed by atoms with Gasteiger partial charge in [-0.25, -0.2) is 0 Å². The molecule has 1 aliphatic rings. The van der Waals surface area contributed by atoms with Gasteiger partial charge in [-0.1, -0.05) is 37.5 Å². The second kappa shape index (κ2) is 6.22. The molecular weight excluding hydrogens is 262 g/mol. The number of pyridine rings is 1. The number of anilines is 1. The number of fused-ring (bicyclic) bond motifs is 1. The molecule has 2 atom stereocenters. The largest absolute Gasteiger partial charge is 0.327 e. The third kappa shape index (κ3) is 3.05. The van der Waals surface area contributed by atoms with E-state index in [0.717, 1.165) is 42.3 Å². The summed E-state index contributed by atoms with van der Waals surface area (Å²) in [6.07, 6.45) is 6.94. The van der Waals surface area contributed by atoms with Gasteiger partial charge < -0.3 is 11.1 Å². The van der Waals surface area contributed by atoms with Crippen LogP contribution in [0, 0.1) is 5.92 Å². The number of amides is 1. The van der Waals surface area contributed by atoms with Crippen molar-refractivity contribution in [1.29, 1.82) is 0 Å². The monoisotopic (exact) mass is 283 g/mol. The van der Waals surface area contributed by atoms with Crippen molar-refractivity contribution in [3.05, 3.63) is 36.5 Å². The first kappa shape index (κ1) is 14.0. The minimum atomic E-state index is -0.0912. The van der Waals surface area contributed by atoms with Crippen molar-refractivity contribution in [3.8, 4) is 0 Å². The molecule has 1 aliphatic carbocycles. The number of carbonyl (C=O) groups is 1. The standard InChI is InChI=1S/C17H21N3O/c18-14-9-3-1-2-8-13(14)17(21)20-15-10-4-6-12-7-5-11-19-16(12)15/h4-7,10-11,13-14H,1-3,8-9,18H2,(H,20,21). The van der Waals surface area contributed by atoms with Gasteiger partial charge in [0.05, 0.1) is 17.1 Å². The maximum Gasteiger partial charge on any atom is 0.229 e. The Bertz CT molecular complexity index is 635. The Hall–Kier alpha value is -1.94. The van der Waals surface area contributed by atoms with E-state index in [2.05, 4.69) is 10.3 Å². The highest BCUT2D eigenvalue weighted by molar-refractivity contribution is 6.01. The lowest BCUT2D eigenvalue weighted by Crippen LogP contribution is -2.37. The molecule has 1 fully saturated rings. The van der Waals surface area contributed by atoms with Crippen LogP contribution in [-0.2, 0) is 4.79 Å². The van der Waals surface area contributed by atoms with Gasteiger partial charge in [0.1, 0.15) is 0 Å². The molecule has 1 amide bonds. The van der Waals surface area contributed by atoms with E-state index in [4.69, 9.17) is 5.73 Å². The fourth-order valence-corrected chi connectivity index (χ4v) is 3.09. The van der Waals surface area contributed by atoms with E-state index in [0.29, 0.717) is 0 Å². The first-order valence-corrected chi connectivity index (χ1v) is 7.66. The minimum absolute atomic E-state index is 0.0301. The molecule has 4 heteroatoms. The molecule has 0 aliphatic heterocycles. The number of carbonyl (C=O) groups excluding carboxylic acids is 1. The lowest BCUT2D eigenvalue weighted by Gasteiger charge is -2.20. The highest BCUT2D eigenvalue weighted by atomic mass is 16.1. The van der Waals surface area contributed by atoms with Gasteiger partial charge >= 0.3 is 0 Å². The summed E-state index contributed by atoms with van der Waals surface area (Å²) >= 11 is 0. The third-order valence-corrected chi connectivity index (χ3v) is 4.30. The molecule has 2 aromatic rings. The van der Waals surface area contributed by atoms with Gasteiger partial charge in [0.15, 0.2) is 0 Å². The number of hydrogen-bond donors (Lipinski definition) is 2. The summed E-state index contributed by atoms with van der Waals surface area (Å²) in [5, 5.41) is 4.06. The van der Waals surface area contributed by atoms with Gasteiger partial charge in [0.25, 0.3) is 0 Å². The highest BCUT2D eigenvalue weighted by Crippen LogP contribution is 2.26. The Morgan fingerprint density at radius 3 is 2.86 bits per heavy atom. The Morgan fingerprint density at radius 2 is 1.95 bits per heavy atom. The fraction of sp³-hybridized carbons (Fsp3) is 0.412. The molecule has 0 saturated heterocycles. The zero-order valence-electron chi connectivity index (χ0n) is 12.1. The first-order chi connectivity index (χ1) is 10.3. The molecule has 1 aromatic carbocycles. The van der Waals surface area contributed by atoms with Gasteiger partial charge in [-0.3, -0.25) is 9.78 Å². The van der Waals surface area contributed by atoms with E-state index in [-0.39, 0.29) is 17.9 Å². The van der Waals surface area contributed by atoms with Crippen molar-refractivity contribution >= 4 is 22.5 Å². The van der Waals surface area contributed by atoms with Crippen LogP contribution in [0.5, 0.6) is 0 Å². The Balaban J connectivity index is 1.82. The molecule has 1 heterocycles. The summed E-state index contributed by atoms with van der Waals surface area (Å²) in [6, 6.07) is 9.69. The van der Waals surface area contributed by atoms with Gasteiger partial charge in [0.2, 0.25) is 5.91 Å². The van der Waals surface area contributed by atoms with Crippen LogP contribution < -0.4 is 11.1 Å². The molecule has 0 radical (unpaired) electrons. The van der Waals surface area contributed by atoms with Crippen LogP contribution in [0.15, 0.2) is 36.5 Å². The van der Waals surface area contributed by atoms with E-state index in [1.54, 1.807) is 6.20 Å². The van der Waals surface area contributed by atoms with E-state index in [1.807, 2.05) is 30.3 Å². The van der Waals surface area contributed by atoms with E-state index in [1.165, 1.54) is 6.42 Å². The van der Waals surface area contributed by atoms with Crippen molar-refractivity contribution in [2.24, 2.45) is 11.7 Å². The van der Waals surface area contributed by atoms with E-state index >= 15 is 0 Å². The number of aromatic nitrogens is 1. The molecule has 1 saturated carbocycles. The first-order valence-electron chi connectivity index (χ1n) is 7.66. The highest BCUT2D eigenvalue weighted by Gasteiger charge is 2.27. The summed E-state index contributed by atoms with van der Waals surface area (Å²) in [4.78, 5) is 16.9. The molecule has 0 bridgehead atoms. The van der Waals surface area contributed by atoms with Crippen LogP contribution in [-0.4, -0.2) is 16.9 Å². The molecule has 3 N–H and O–H groups in total. The summed E-state index contributed by atoms with van der Waals surface area (Å²) in [5.74, 6) is -0.0611. The van der Waals surface area contributed by atoms with Crippen molar-refractivity contribution in [3.63, 3.8) is 0 Å². The smallest absolute Gasteiger partial charge is 0.229 e. The van der Waals surface area contributed by atoms with Gasteiger partial charge in [-0.05, 0) is 25.0 Å². The Kier molecular flexibility index (Phi) is 4.15. The summed E-state index contributed by atoms with van der Waals surface area (Å²) < 4.78 is 0. The summed E-state index contributed by atoms with van der Waals surface area (Å²) in [5.41, 5.74) is 7.77. The molecule has 2 unspecified atom stereocenters. The second-order valence-corrected chi connectivity index (χ2v) is 5.78. The Morgan fingerprint density at radius 1 is 1.14 bits per heavy atom. The lowest BCUT2D eigenvalue weighted by molar-refractivity contribution is -0.120. The quantitative estimate of drug-likeness (QED) is 0.832. The minimum Gasteiger partial charge on any atom is -0.327 e. The molecule has 0 spiro atoms. The molecule has 110 valence electrons. The number of nitrogens with one attached hydrogen (secondary N) is 1. The zero-order chi connectivity index (χ0) is 14.7. The molecule has 1 aromatic heterocycles. The van der Waals surface area contributed by atoms with Crippen LogP contribution in [0.4, 0.5) is 5.69 Å². The van der Waals surface area contributed by atoms with E-state index < -0.39 is 0 Å². The van der Waals surface area contributed by atoms with Crippen LogP contribution in [0.1, 0.15) is 32.1 Å². The number of benzene rings is 1. The van der Waals surface area contributed by atoms with E-state index in [9.17, 15) is 4.79 Å². The molecule has 3 rings (SSSR count). The lowest BCUT2D eigenvalue weighted by atomic mass is 9.94. The van der Waals surface area contributed by atoms with Crippen molar-refractivity contribution in [2.75, 3.05) is 5.32 Å². The SMILES string of the molecule is NC1CCCCCC1C(=O)Nc1cccc2cccnc12. The van der Waals surface area contributed by atoms with Crippen LogP contribution in [0.3, 0.4) is 0 Å². The average Bonchev–Trinajstić information content (AvgIpc) is 2.72. The zero-order valence-corrected chi connectivity index (χ0v) is 12.1. The summed E-state index contributed by atoms with van der Waals surface area (Å²) in [6.45, 7) is 0. The predicted molar refractivity (Wildman–Crippen MR) is 84.9 cm³/mol. The van der Waals surface area contributed by atoms with Gasteiger partial charge in [-0.2, -0.15) is 0 Å².